The smallest absolute Gasteiger partial charge is 0.220 e. The van der Waals surface area contributed by atoms with Crippen LogP contribution in [0, 0.1) is 0 Å². The van der Waals surface area contributed by atoms with Gasteiger partial charge in [0.2, 0.25) is 5.91 Å². The summed E-state index contributed by atoms with van der Waals surface area (Å²) in [5, 5.41) is 13.4. The second-order valence-electron chi connectivity index (χ2n) is 5.88. The van der Waals surface area contributed by atoms with Crippen LogP contribution in [0.15, 0.2) is 72.8 Å². The van der Waals surface area contributed by atoms with Gasteiger partial charge in [0, 0.05) is 16.2 Å². The molecule has 25 heavy (non-hydrogen) atoms. The van der Waals surface area contributed by atoms with Crippen LogP contribution in [-0.2, 0) is 17.8 Å². The Bertz CT molecular complexity index is 799. The van der Waals surface area contributed by atoms with Gasteiger partial charge in [0.1, 0.15) is 6.10 Å². The maximum atomic E-state index is 12.0. The summed E-state index contributed by atoms with van der Waals surface area (Å²) in [6, 6.07) is 23.5. The van der Waals surface area contributed by atoms with Crippen molar-refractivity contribution in [2.75, 3.05) is 0 Å². The Morgan fingerprint density at radius 3 is 2.36 bits per heavy atom. The number of rotatable bonds is 7. The third-order valence-electron chi connectivity index (χ3n) is 4.01. The molecule has 3 aromatic rings. The first-order valence-electron chi connectivity index (χ1n) is 8.34. The van der Waals surface area contributed by atoms with E-state index in [0.717, 1.165) is 21.7 Å². The number of nitrogens with one attached hydrogen (secondary N) is 1. The first kappa shape index (κ1) is 17.4. The molecule has 3 rings (SSSR count). The molecule has 3 nitrogen and oxygen atoms in total. The maximum Gasteiger partial charge on any atom is 0.220 e. The van der Waals surface area contributed by atoms with Crippen molar-refractivity contribution in [2.45, 2.75) is 25.5 Å². The lowest BCUT2D eigenvalue weighted by molar-refractivity contribution is -0.121. The third-order valence-corrected chi connectivity index (χ3v) is 5.15. The maximum absolute atomic E-state index is 12.0. The largest absolute Gasteiger partial charge is 0.383 e. The van der Waals surface area contributed by atoms with Crippen LogP contribution >= 0.6 is 11.3 Å². The number of carbonyl (C=O) groups excluding carboxylic acids is 1. The highest BCUT2D eigenvalue weighted by atomic mass is 32.1. The van der Waals surface area contributed by atoms with E-state index < -0.39 is 6.10 Å². The van der Waals surface area contributed by atoms with Gasteiger partial charge in [0.25, 0.3) is 0 Å². The zero-order chi connectivity index (χ0) is 17.5. The lowest BCUT2D eigenvalue weighted by Crippen LogP contribution is -2.22. The molecule has 0 fully saturated rings. The Hall–Kier alpha value is -2.43. The zero-order valence-corrected chi connectivity index (χ0v) is 14.7. The molecule has 0 bridgehead atoms. The summed E-state index contributed by atoms with van der Waals surface area (Å²) in [7, 11) is 0. The number of aliphatic hydroxyl groups excluding tert-OH is 1. The van der Waals surface area contributed by atoms with E-state index in [1.807, 2.05) is 72.8 Å². The van der Waals surface area contributed by atoms with Gasteiger partial charge in [-0.05, 0) is 29.7 Å². The number of carbonyl (C=O) groups is 1. The predicted molar refractivity (Wildman–Crippen MR) is 101 cm³/mol. The molecule has 0 radical (unpaired) electrons. The average Bonchev–Trinajstić information content (AvgIpc) is 3.14. The number of hydrogen-bond acceptors (Lipinski definition) is 3. The summed E-state index contributed by atoms with van der Waals surface area (Å²) in [6.07, 6.45) is 0.609. The molecule has 1 amide bonds. The Morgan fingerprint density at radius 1 is 0.960 bits per heavy atom. The van der Waals surface area contributed by atoms with E-state index in [-0.39, 0.29) is 5.91 Å². The number of thiophene rings is 1. The quantitative estimate of drug-likeness (QED) is 0.674. The van der Waals surface area contributed by atoms with Crippen LogP contribution in [0.25, 0.3) is 0 Å². The molecular weight excluding hydrogens is 330 g/mol. The van der Waals surface area contributed by atoms with E-state index in [1.165, 1.54) is 16.9 Å². The Kier molecular flexibility index (Phi) is 5.99. The molecule has 4 heteroatoms. The van der Waals surface area contributed by atoms with Crippen molar-refractivity contribution in [2.24, 2.45) is 0 Å². The average molecular weight is 351 g/mol. The first-order valence-corrected chi connectivity index (χ1v) is 9.16. The summed E-state index contributed by atoms with van der Waals surface area (Å²) in [5.41, 5.74) is 2.05. The number of benzene rings is 2. The fourth-order valence-corrected chi connectivity index (χ4v) is 3.58. The van der Waals surface area contributed by atoms with Crippen LogP contribution < -0.4 is 5.32 Å². The minimum atomic E-state index is -0.617. The molecule has 0 aliphatic rings. The van der Waals surface area contributed by atoms with E-state index in [2.05, 4.69) is 5.32 Å². The Morgan fingerprint density at radius 2 is 1.64 bits per heavy atom. The number of hydrogen-bond donors (Lipinski definition) is 2. The lowest BCUT2D eigenvalue weighted by atomic mass is 10.1. The van der Waals surface area contributed by atoms with Crippen molar-refractivity contribution >= 4 is 17.2 Å². The molecule has 2 aromatic carbocycles. The highest BCUT2D eigenvalue weighted by Crippen LogP contribution is 2.28. The van der Waals surface area contributed by atoms with Gasteiger partial charge >= 0.3 is 0 Å². The molecule has 0 saturated heterocycles. The molecule has 0 aliphatic carbocycles. The Labute approximate surface area is 152 Å². The SMILES string of the molecule is O=C(CCc1ccccc1)NCc1ccc(C(O)c2ccccc2)s1. The molecular formula is C21H21NO2S. The minimum absolute atomic E-state index is 0.0439. The summed E-state index contributed by atoms with van der Waals surface area (Å²) in [5.74, 6) is 0.0439. The van der Waals surface area contributed by atoms with Crippen LogP contribution in [0.5, 0.6) is 0 Å². The molecule has 0 aliphatic heterocycles. The molecule has 1 unspecified atom stereocenters. The van der Waals surface area contributed by atoms with Crippen molar-refractivity contribution < 1.29 is 9.90 Å². The van der Waals surface area contributed by atoms with Crippen molar-refractivity contribution in [3.05, 3.63) is 93.7 Å². The molecule has 1 heterocycles. The standard InChI is InChI=1S/C21H21NO2S/c23-20(14-11-16-7-3-1-4-8-16)22-15-18-12-13-19(25-18)21(24)17-9-5-2-6-10-17/h1-10,12-13,21,24H,11,14-15H2,(H,22,23). The van der Waals surface area contributed by atoms with E-state index in [1.54, 1.807) is 0 Å². The van der Waals surface area contributed by atoms with Gasteiger partial charge in [-0.15, -0.1) is 11.3 Å². The molecule has 1 aromatic heterocycles. The highest BCUT2D eigenvalue weighted by Gasteiger charge is 2.13. The van der Waals surface area contributed by atoms with Crippen molar-refractivity contribution in [1.82, 2.24) is 5.32 Å². The highest BCUT2D eigenvalue weighted by molar-refractivity contribution is 7.12. The topological polar surface area (TPSA) is 49.3 Å². The summed E-state index contributed by atoms with van der Waals surface area (Å²) >= 11 is 1.53. The number of amides is 1. The van der Waals surface area contributed by atoms with Gasteiger partial charge < -0.3 is 10.4 Å². The van der Waals surface area contributed by atoms with Gasteiger partial charge in [-0.2, -0.15) is 0 Å². The molecule has 128 valence electrons. The molecule has 0 saturated carbocycles. The molecule has 1 atom stereocenters. The first-order chi connectivity index (χ1) is 12.2. The van der Waals surface area contributed by atoms with Crippen molar-refractivity contribution in [3.8, 4) is 0 Å². The third kappa shape index (κ3) is 5.02. The fourth-order valence-electron chi connectivity index (χ4n) is 2.61. The monoisotopic (exact) mass is 351 g/mol. The van der Waals surface area contributed by atoms with Gasteiger partial charge in [-0.1, -0.05) is 60.7 Å². The van der Waals surface area contributed by atoms with Crippen LogP contribution in [0.4, 0.5) is 0 Å². The molecule has 0 spiro atoms. The number of aliphatic hydroxyl groups is 1. The van der Waals surface area contributed by atoms with Crippen LogP contribution in [0.2, 0.25) is 0 Å². The predicted octanol–water partition coefficient (Wildman–Crippen LogP) is 4.08. The van der Waals surface area contributed by atoms with Crippen molar-refractivity contribution in [3.63, 3.8) is 0 Å². The summed E-state index contributed by atoms with van der Waals surface area (Å²) in [6.45, 7) is 0.500. The van der Waals surface area contributed by atoms with Gasteiger partial charge in [0.15, 0.2) is 0 Å². The van der Waals surface area contributed by atoms with E-state index in [4.69, 9.17) is 0 Å². The minimum Gasteiger partial charge on any atom is -0.383 e. The van der Waals surface area contributed by atoms with Crippen LogP contribution in [0.1, 0.15) is 33.4 Å². The van der Waals surface area contributed by atoms with E-state index in [9.17, 15) is 9.90 Å². The van der Waals surface area contributed by atoms with Crippen LogP contribution in [0.3, 0.4) is 0 Å². The lowest BCUT2D eigenvalue weighted by Gasteiger charge is -2.08. The number of aryl methyl sites for hydroxylation is 1. The van der Waals surface area contributed by atoms with Gasteiger partial charge in [-0.25, -0.2) is 0 Å². The zero-order valence-electron chi connectivity index (χ0n) is 13.9. The van der Waals surface area contributed by atoms with E-state index in [0.29, 0.717) is 13.0 Å². The molecule has 2 N–H and O–H groups in total. The van der Waals surface area contributed by atoms with Crippen molar-refractivity contribution in [1.29, 1.82) is 0 Å². The normalized spacial score (nSPS) is 11.9. The summed E-state index contributed by atoms with van der Waals surface area (Å²) in [4.78, 5) is 13.9. The van der Waals surface area contributed by atoms with Crippen LogP contribution in [-0.4, -0.2) is 11.0 Å². The van der Waals surface area contributed by atoms with Gasteiger partial charge in [-0.3, -0.25) is 4.79 Å². The second-order valence-corrected chi connectivity index (χ2v) is 7.08. The van der Waals surface area contributed by atoms with Gasteiger partial charge in [0.05, 0.1) is 6.54 Å². The summed E-state index contributed by atoms with van der Waals surface area (Å²) < 4.78 is 0. The van der Waals surface area contributed by atoms with E-state index >= 15 is 0 Å². The fraction of sp³-hybridized carbons (Fsp3) is 0.190. The second kappa shape index (κ2) is 8.60. The Balaban J connectivity index is 1.49.